The first-order valence-electron chi connectivity index (χ1n) is 9.01. The van der Waals surface area contributed by atoms with E-state index in [1.165, 1.54) is 29.3 Å². The molecule has 2 amide bonds. The number of hydrogen-bond acceptors (Lipinski definition) is 5. The van der Waals surface area contributed by atoms with E-state index in [0.717, 1.165) is 16.5 Å². The Morgan fingerprint density at radius 1 is 1.17 bits per heavy atom. The summed E-state index contributed by atoms with van der Waals surface area (Å²) < 4.78 is 13.2. The molecule has 2 aromatic carbocycles. The Kier molecular flexibility index (Phi) is 4.67. The lowest BCUT2D eigenvalue weighted by atomic mass is 10.1. The predicted molar refractivity (Wildman–Crippen MR) is 109 cm³/mol. The Balaban J connectivity index is 1.63. The van der Waals surface area contributed by atoms with Gasteiger partial charge in [0, 0.05) is 18.0 Å². The molecule has 0 bridgehead atoms. The zero-order chi connectivity index (χ0) is 20.5. The van der Waals surface area contributed by atoms with Crippen LogP contribution in [0.3, 0.4) is 0 Å². The van der Waals surface area contributed by atoms with Crippen molar-refractivity contribution < 1.29 is 14.0 Å². The van der Waals surface area contributed by atoms with Gasteiger partial charge in [0.25, 0.3) is 5.91 Å². The Labute approximate surface area is 166 Å². The second-order valence-corrected chi connectivity index (χ2v) is 6.77. The molecule has 0 saturated heterocycles. The zero-order valence-corrected chi connectivity index (χ0v) is 15.6. The molecule has 3 N–H and O–H groups in total. The molecule has 0 spiro atoms. The Morgan fingerprint density at radius 2 is 1.93 bits per heavy atom. The van der Waals surface area contributed by atoms with Gasteiger partial charge in [-0.1, -0.05) is 6.07 Å². The van der Waals surface area contributed by atoms with Crippen LogP contribution >= 0.6 is 0 Å². The van der Waals surface area contributed by atoms with E-state index < -0.39 is 23.7 Å². The van der Waals surface area contributed by atoms with Gasteiger partial charge in [0.2, 0.25) is 5.91 Å². The molecule has 0 aliphatic carbocycles. The topological polar surface area (TPSA) is 101 Å². The van der Waals surface area contributed by atoms with E-state index >= 15 is 0 Å². The Hall–Kier alpha value is -3.81. The highest BCUT2D eigenvalue weighted by molar-refractivity contribution is 6.44. The first-order valence-corrected chi connectivity index (χ1v) is 9.01. The summed E-state index contributed by atoms with van der Waals surface area (Å²) in [5, 5.41) is 9.29. The highest BCUT2D eigenvalue weighted by atomic mass is 19.1. The number of nitrogens with zero attached hydrogens (tertiary/aromatic N) is 3. The number of nitrogens with one attached hydrogen (secondary N) is 1. The van der Waals surface area contributed by atoms with E-state index in [0.29, 0.717) is 11.4 Å². The molecule has 1 atom stereocenters. The van der Waals surface area contributed by atoms with Crippen LogP contribution in [0.4, 0.5) is 15.8 Å². The summed E-state index contributed by atoms with van der Waals surface area (Å²) >= 11 is 0. The minimum atomic E-state index is -0.822. The highest BCUT2D eigenvalue weighted by Crippen LogP contribution is 2.27. The van der Waals surface area contributed by atoms with Gasteiger partial charge in [0.05, 0.1) is 16.9 Å². The molecular formula is C21H18FN5O2. The number of hydrogen-bond donors (Lipinski definition) is 2. The predicted octanol–water partition coefficient (Wildman–Crippen LogP) is 2.74. The van der Waals surface area contributed by atoms with Crippen molar-refractivity contribution in [1.82, 2.24) is 4.98 Å². The number of primary amides is 1. The third-order valence-corrected chi connectivity index (χ3v) is 4.81. The minimum absolute atomic E-state index is 0.0561. The number of aromatic nitrogens is 1. The van der Waals surface area contributed by atoms with Crippen LogP contribution in [0.25, 0.3) is 10.9 Å². The van der Waals surface area contributed by atoms with Crippen LogP contribution in [0.1, 0.15) is 12.0 Å². The van der Waals surface area contributed by atoms with Gasteiger partial charge >= 0.3 is 0 Å². The summed E-state index contributed by atoms with van der Waals surface area (Å²) in [5.41, 5.74) is 8.52. The van der Waals surface area contributed by atoms with Crippen molar-refractivity contribution in [1.29, 1.82) is 0 Å². The largest absolute Gasteiger partial charge is 0.368 e. The number of pyridine rings is 1. The van der Waals surface area contributed by atoms with Crippen molar-refractivity contribution in [3.8, 4) is 0 Å². The van der Waals surface area contributed by atoms with Crippen molar-refractivity contribution in [2.75, 3.05) is 10.3 Å². The average molecular weight is 391 g/mol. The first kappa shape index (κ1) is 18.5. The number of halogens is 1. The number of fused-ring (bicyclic) bond motifs is 1. The number of anilines is 2. The maximum absolute atomic E-state index is 13.2. The maximum atomic E-state index is 13.2. The molecule has 0 unspecified atom stereocenters. The van der Waals surface area contributed by atoms with Gasteiger partial charge in [-0.3, -0.25) is 19.6 Å². The SMILES string of the molecule is Cc1ccc(NC(=O)C2=NN(c3ccc(F)cc3)[C@H](C(N)=O)C2)c2cccnc12. The van der Waals surface area contributed by atoms with E-state index in [2.05, 4.69) is 15.4 Å². The number of aryl methyl sites for hydroxylation is 1. The van der Waals surface area contributed by atoms with Crippen LogP contribution in [0, 0.1) is 12.7 Å². The monoisotopic (exact) mass is 391 g/mol. The van der Waals surface area contributed by atoms with Gasteiger partial charge in [-0.25, -0.2) is 4.39 Å². The summed E-state index contributed by atoms with van der Waals surface area (Å²) in [4.78, 5) is 29.1. The normalized spacial score (nSPS) is 16.0. The van der Waals surface area contributed by atoms with Crippen LogP contribution in [0.15, 0.2) is 59.8 Å². The molecule has 1 aliphatic heterocycles. The third-order valence-electron chi connectivity index (χ3n) is 4.81. The van der Waals surface area contributed by atoms with Crippen LogP contribution < -0.4 is 16.1 Å². The fourth-order valence-electron chi connectivity index (χ4n) is 3.32. The molecule has 1 aliphatic rings. The standard InChI is InChI=1S/C21H18FN5O2/c1-12-4-9-16(15-3-2-10-24-19(12)15)25-21(29)17-11-18(20(23)28)27(26-17)14-7-5-13(22)6-8-14/h2-10,18H,11H2,1H3,(H2,23,28)(H,25,29)/t18-/m0/s1. The average Bonchev–Trinajstić information content (AvgIpc) is 3.17. The van der Waals surface area contributed by atoms with Crippen molar-refractivity contribution in [3.05, 3.63) is 66.1 Å². The van der Waals surface area contributed by atoms with Crippen LogP contribution in [-0.2, 0) is 9.59 Å². The van der Waals surface area contributed by atoms with E-state index in [4.69, 9.17) is 5.73 Å². The molecule has 0 saturated carbocycles. The van der Waals surface area contributed by atoms with Gasteiger partial charge in [-0.05, 0) is 55.0 Å². The highest BCUT2D eigenvalue weighted by Gasteiger charge is 2.35. The molecule has 29 heavy (non-hydrogen) atoms. The number of hydrazone groups is 1. The second-order valence-electron chi connectivity index (χ2n) is 6.77. The van der Waals surface area contributed by atoms with Crippen LogP contribution in [0.5, 0.6) is 0 Å². The smallest absolute Gasteiger partial charge is 0.271 e. The van der Waals surface area contributed by atoms with Crippen LogP contribution in [-0.4, -0.2) is 28.6 Å². The molecule has 146 valence electrons. The summed E-state index contributed by atoms with van der Waals surface area (Å²) in [6.07, 6.45) is 1.75. The van der Waals surface area contributed by atoms with Crippen molar-refractivity contribution in [3.63, 3.8) is 0 Å². The fourth-order valence-corrected chi connectivity index (χ4v) is 3.32. The Bertz CT molecular complexity index is 1140. The van der Waals surface area contributed by atoms with Crippen LogP contribution in [0.2, 0.25) is 0 Å². The first-order chi connectivity index (χ1) is 13.9. The lowest BCUT2D eigenvalue weighted by Crippen LogP contribution is -2.39. The molecular weight excluding hydrogens is 373 g/mol. The summed E-state index contributed by atoms with van der Waals surface area (Å²) in [7, 11) is 0. The molecule has 4 rings (SSSR count). The number of rotatable bonds is 4. The molecule has 3 aromatic rings. The van der Waals surface area contributed by atoms with Gasteiger partial charge < -0.3 is 11.1 Å². The van der Waals surface area contributed by atoms with E-state index in [-0.39, 0.29) is 12.1 Å². The molecule has 0 radical (unpaired) electrons. The minimum Gasteiger partial charge on any atom is -0.368 e. The molecule has 1 aromatic heterocycles. The number of carbonyl (C=O) groups is 2. The van der Waals surface area contributed by atoms with Gasteiger partial charge in [-0.2, -0.15) is 5.10 Å². The molecule has 8 heteroatoms. The van der Waals surface area contributed by atoms with Gasteiger partial charge in [0.15, 0.2) is 0 Å². The van der Waals surface area contributed by atoms with E-state index in [9.17, 15) is 14.0 Å². The number of benzene rings is 2. The van der Waals surface area contributed by atoms with Gasteiger partial charge in [0.1, 0.15) is 17.6 Å². The zero-order valence-electron chi connectivity index (χ0n) is 15.6. The maximum Gasteiger partial charge on any atom is 0.271 e. The summed E-state index contributed by atoms with van der Waals surface area (Å²) in [6, 6.07) is 12.0. The fraction of sp³-hybridized carbons (Fsp3) is 0.143. The lowest BCUT2D eigenvalue weighted by Gasteiger charge is -2.20. The molecule has 2 heterocycles. The lowest BCUT2D eigenvalue weighted by molar-refractivity contribution is -0.119. The van der Waals surface area contributed by atoms with E-state index in [1.807, 2.05) is 19.1 Å². The second kappa shape index (κ2) is 7.31. The van der Waals surface area contributed by atoms with Gasteiger partial charge in [-0.15, -0.1) is 0 Å². The number of carbonyl (C=O) groups excluding carboxylic acids is 2. The van der Waals surface area contributed by atoms with E-state index in [1.54, 1.807) is 18.3 Å². The van der Waals surface area contributed by atoms with Crippen molar-refractivity contribution >= 4 is 39.8 Å². The number of nitrogens with two attached hydrogens (primary N) is 1. The molecule has 0 fully saturated rings. The summed E-state index contributed by atoms with van der Waals surface area (Å²) in [5.74, 6) is -1.47. The number of amides is 2. The van der Waals surface area contributed by atoms with Crippen molar-refractivity contribution in [2.45, 2.75) is 19.4 Å². The third kappa shape index (κ3) is 3.52. The van der Waals surface area contributed by atoms with Crippen molar-refractivity contribution in [2.24, 2.45) is 10.8 Å². The molecule has 7 nitrogen and oxygen atoms in total. The summed E-state index contributed by atoms with van der Waals surface area (Å²) in [6.45, 7) is 1.94. The Morgan fingerprint density at radius 3 is 2.66 bits per heavy atom. The quantitative estimate of drug-likeness (QED) is 0.714.